The zero-order chi connectivity index (χ0) is 15.1. The number of rotatable bonds is 8. The number of likely N-dealkylation sites (N-methyl/N-ethyl adjacent to an activating group) is 1. The van der Waals surface area contributed by atoms with Gasteiger partial charge >= 0.3 is 0 Å². The van der Waals surface area contributed by atoms with Crippen molar-refractivity contribution in [2.75, 3.05) is 26.7 Å². The highest BCUT2D eigenvalue weighted by atomic mass is 35.5. The monoisotopic (exact) mass is 317 g/mol. The fourth-order valence-electron chi connectivity index (χ4n) is 1.70. The Hall–Kier alpha value is -0.610. The highest BCUT2D eigenvalue weighted by Crippen LogP contribution is 2.26. The summed E-state index contributed by atoms with van der Waals surface area (Å²) in [6.07, 6.45) is 0.647. The number of hydrogen-bond acceptors (Lipinski definition) is 3. The van der Waals surface area contributed by atoms with E-state index in [0.29, 0.717) is 35.2 Å². The SMILES string of the molecule is CC(C)OCCN(C)CCC(=O)c1cccc(Cl)c1Cl. The molecule has 20 heavy (non-hydrogen) atoms. The molecule has 0 N–H and O–H groups in total. The van der Waals surface area contributed by atoms with Gasteiger partial charge in [-0.15, -0.1) is 0 Å². The largest absolute Gasteiger partial charge is 0.377 e. The third-order valence-corrected chi connectivity index (χ3v) is 3.72. The van der Waals surface area contributed by atoms with Crippen molar-refractivity contribution in [2.45, 2.75) is 26.4 Å². The second-order valence-electron chi connectivity index (χ2n) is 5.00. The lowest BCUT2D eigenvalue weighted by atomic mass is 10.1. The predicted molar refractivity (Wildman–Crippen MR) is 84.0 cm³/mol. The average Bonchev–Trinajstić information content (AvgIpc) is 2.38. The number of hydrogen-bond donors (Lipinski definition) is 0. The summed E-state index contributed by atoms with van der Waals surface area (Å²) in [6, 6.07) is 5.12. The van der Waals surface area contributed by atoms with Gasteiger partial charge in [0, 0.05) is 25.1 Å². The molecular weight excluding hydrogens is 297 g/mol. The van der Waals surface area contributed by atoms with E-state index >= 15 is 0 Å². The van der Waals surface area contributed by atoms with E-state index < -0.39 is 0 Å². The lowest BCUT2D eigenvalue weighted by Crippen LogP contribution is -2.26. The third kappa shape index (κ3) is 5.80. The fraction of sp³-hybridized carbons (Fsp3) is 0.533. The van der Waals surface area contributed by atoms with Crippen molar-refractivity contribution >= 4 is 29.0 Å². The first-order valence-corrected chi connectivity index (χ1v) is 7.44. The van der Waals surface area contributed by atoms with Crippen LogP contribution in [-0.4, -0.2) is 43.5 Å². The van der Waals surface area contributed by atoms with E-state index in [1.807, 2.05) is 20.9 Å². The summed E-state index contributed by atoms with van der Waals surface area (Å²) in [4.78, 5) is 14.2. The molecule has 0 spiro atoms. The van der Waals surface area contributed by atoms with E-state index in [2.05, 4.69) is 4.90 Å². The Bertz CT molecular complexity index is 449. The van der Waals surface area contributed by atoms with Crippen LogP contribution in [0.25, 0.3) is 0 Å². The average molecular weight is 318 g/mol. The number of benzene rings is 1. The van der Waals surface area contributed by atoms with Crippen LogP contribution in [0.1, 0.15) is 30.6 Å². The van der Waals surface area contributed by atoms with Gasteiger partial charge in [0.2, 0.25) is 0 Å². The summed E-state index contributed by atoms with van der Waals surface area (Å²) in [6.45, 7) is 6.15. The van der Waals surface area contributed by atoms with Gasteiger partial charge in [-0.2, -0.15) is 0 Å². The van der Waals surface area contributed by atoms with Gasteiger partial charge in [-0.1, -0.05) is 29.3 Å². The third-order valence-electron chi connectivity index (χ3n) is 2.90. The van der Waals surface area contributed by atoms with Crippen molar-refractivity contribution in [1.29, 1.82) is 0 Å². The van der Waals surface area contributed by atoms with Crippen molar-refractivity contribution in [3.63, 3.8) is 0 Å². The summed E-state index contributed by atoms with van der Waals surface area (Å²) >= 11 is 11.9. The maximum absolute atomic E-state index is 12.1. The van der Waals surface area contributed by atoms with E-state index in [0.717, 1.165) is 6.54 Å². The summed E-state index contributed by atoms with van der Waals surface area (Å²) in [5, 5.41) is 0.751. The van der Waals surface area contributed by atoms with Gasteiger partial charge in [-0.3, -0.25) is 4.79 Å². The molecular formula is C15H21Cl2NO2. The van der Waals surface area contributed by atoms with Crippen LogP contribution in [-0.2, 0) is 4.74 Å². The van der Waals surface area contributed by atoms with Crippen molar-refractivity contribution in [2.24, 2.45) is 0 Å². The quantitative estimate of drug-likeness (QED) is 0.680. The molecule has 3 nitrogen and oxygen atoms in total. The molecule has 0 aliphatic rings. The van der Waals surface area contributed by atoms with Crippen molar-refractivity contribution in [3.8, 4) is 0 Å². The Morgan fingerprint density at radius 3 is 2.65 bits per heavy atom. The maximum Gasteiger partial charge on any atom is 0.165 e. The molecule has 0 heterocycles. The Morgan fingerprint density at radius 2 is 2.00 bits per heavy atom. The number of carbonyl (C=O) groups excluding carboxylic acids is 1. The summed E-state index contributed by atoms with van der Waals surface area (Å²) in [7, 11) is 1.97. The summed E-state index contributed by atoms with van der Waals surface area (Å²) < 4.78 is 5.47. The number of ether oxygens (including phenoxy) is 1. The van der Waals surface area contributed by atoms with Crippen LogP contribution in [0, 0.1) is 0 Å². The predicted octanol–water partition coefficient (Wildman–Crippen LogP) is 3.92. The number of ketones is 1. The second kappa shape index (κ2) is 8.63. The Morgan fingerprint density at radius 1 is 1.30 bits per heavy atom. The first kappa shape index (κ1) is 17.4. The number of nitrogens with zero attached hydrogens (tertiary/aromatic N) is 1. The molecule has 0 atom stereocenters. The van der Waals surface area contributed by atoms with Crippen LogP contribution >= 0.6 is 23.2 Å². The van der Waals surface area contributed by atoms with E-state index in [4.69, 9.17) is 27.9 Å². The molecule has 0 aliphatic carbocycles. The minimum absolute atomic E-state index is 0.00845. The van der Waals surface area contributed by atoms with Gasteiger partial charge in [0.1, 0.15) is 0 Å². The van der Waals surface area contributed by atoms with Gasteiger partial charge in [0.25, 0.3) is 0 Å². The normalized spacial score (nSPS) is 11.3. The molecule has 1 aromatic rings. The van der Waals surface area contributed by atoms with Gasteiger partial charge in [0.15, 0.2) is 5.78 Å². The Kier molecular flexibility index (Phi) is 7.52. The van der Waals surface area contributed by atoms with E-state index in [1.165, 1.54) is 0 Å². The van der Waals surface area contributed by atoms with E-state index in [9.17, 15) is 4.79 Å². The summed E-state index contributed by atoms with van der Waals surface area (Å²) in [5.41, 5.74) is 0.492. The van der Waals surface area contributed by atoms with Crippen molar-refractivity contribution in [1.82, 2.24) is 4.90 Å². The molecule has 0 aromatic heterocycles. The van der Waals surface area contributed by atoms with Gasteiger partial charge < -0.3 is 9.64 Å². The maximum atomic E-state index is 12.1. The molecule has 0 saturated heterocycles. The zero-order valence-corrected chi connectivity index (χ0v) is 13.7. The highest BCUT2D eigenvalue weighted by Gasteiger charge is 2.13. The molecule has 1 aromatic carbocycles. The molecule has 5 heteroatoms. The molecule has 0 fully saturated rings. The van der Waals surface area contributed by atoms with Crippen LogP contribution in [0.3, 0.4) is 0 Å². The topological polar surface area (TPSA) is 29.5 Å². The van der Waals surface area contributed by atoms with E-state index in [1.54, 1.807) is 18.2 Å². The number of carbonyl (C=O) groups is 1. The number of halogens is 2. The lowest BCUT2D eigenvalue weighted by molar-refractivity contribution is 0.0629. The van der Waals surface area contributed by atoms with Crippen LogP contribution in [0.15, 0.2) is 18.2 Å². The molecule has 0 amide bonds. The molecule has 0 aliphatic heterocycles. The van der Waals surface area contributed by atoms with Crippen molar-refractivity contribution in [3.05, 3.63) is 33.8 Å². The smallest absolute Gasteiger partial charge is 0.165 e. The van der Waals surface area contributed by atoms with Gasteiger partial charge in [-0.25, -0.2) is 0 Å². The van der Waals surface area contributed by atoms with Crippen LogP contribution in [0.4, 0.5) is 0 Å². The van der Waals surface area contributed by atoms with Crippen LogP contribution < -0.4 is 0 Å². The van der Waals surface area contributed by atoms with Crippen LogP contribution in [0.5, 0.6) is 0 Å². The van der Waals surface area contributed by atoms with Gasteiger partial charge in [0.05, 0.1) is 22.8 Å². The van der Waals surface area contributed by atoms with Crippen molar-refractivity contribution < 1.29 is 9.53 Å². The highest BCUT2D eigenvalue weighted by molar-refractivity contribution is 6.43. The molecule has 112 valence electrons. The van der Waals surface area contributed by atoms with Crippen LogP contribution in [0.2, 0.25) is 10.0 Å². The Labute approximate surface area is 130 Å². The molecule has 1 rings (SSSR count). The molecule has 0 unspecified atom stereocenters. The first-order valence-electron chi connectivity index (χ1n) is 6.69. The standard InChI is InChI=1S/C15H21Cl2NO2/c1-11(2)20-10-9-18(3)8-7-14(19)12-5-4-6-13(16)15(12)17/h4-6,11H,7-10H2,1-3H3. The minimum Gasteiger partial charge on any atom is -0.377 e. The molecule has 0 saturated carbocycles. The second-order valence-corrected chi connectivity index (χ2v) is 5.78. The summed E-state index contributed by atoms with van der Waals surface area (Å²) in [5.74, 6) is 0.00845. The lowest BCUT2D eigenvalue weighted by Gasteiger charge is -2.17. The van der Waals surface area contributed by atoms with E-state index in [-0.39, 0.29) is 11.9 Å². The molecule has 0 radical (unpaired) electrons. The van der Waals surface area contributed by atoms with Gasteiger partial charge in [-0.05, 0) is 33.0 Å². The molecule has 0 bridgehead atoms. The first-order chi connectivity index (χ1) is 9.41. The minimum atomic E-state index is 0.00845. The zero-order valence-electron chi connectivity index (χ0n) is 12.2. The fourth-order valence-corrected chi connectivity index (χ4v) is 2.11. The number of Topliss-reactive ketones (excluding diaryl/α,β-unsaturated/α-hetero) is 1. The Balaban J connectivity index is 2.41.